The second-order valence-corrected chi connectivity index (χ2v) is 8.68. The molecule has 0 radical (unpaired) electrons. The maximum atomic E-state index is 13.6. The normalized spacial score (nSPS) is 18.4. The molecular formula is C20H11F3N4S2. The number of halogens is 3. The van der Waals surface area contributed by atoms with Gasteiger partial charge in [-0.25, -0.2) is 4.68 Å². The van der Waals surface area contributed by atoms with Crippen molar-refractivity contribution < 1.29 is 13.2 Å². The van der Waals surface area contributed by atoms with Gasteiger partial charge in [0, 0.05) is 11.0 Å². The van der Waals surface area contributed by atoms with Crippen molar-refractivity contribution in [2.75, 3.05) is 5.01 Å². The molecule has 1 atom stereocenters. The maximum absolute atomic E-state index is 13.6. The predicted molar refractivity (Wildman–Crippen MR) is 109 cm³/mol. The second kappa shape index (κ2) is 5.93. The first-order chi connectivity index (χ1) is 14.0. The Morgan fingerprint density at radius 3 is 2.21 bits per heavy atom. The van der Waals surface area contributed by atoms with Crippen LogP contribution in [0.5, 0.6) is 0 Å². The third-order valence-electron chi connectivity index (χ3n) is 5.08. The lowest BCUT2D eigenvalue weighted by atomic mass is 9.96. The number of rotatable bonds is 1. The van der Waals surface area contributed by atoms with Gasteiger partial charge in [-0.1, -0.05) is 60.3 Å². The lowest BCUT2D eigenvalue weighted by Crippen LogP contribution is -2.33. The average Bonchev–Trinajstić information content (AvgIpc) is 3.37. The van der Waals surface area contributed by atoms with Crippen LogP contribution in [0.3, 0.4) is 0 Å². The molecule has 0 saturated heterocycles. The van der Waals surface area contributed by atoms with Gasteiger partial charge < -0.3 is 0 Å². The van der Waals surface area contributed by atoms with Crippen molar-refractivity contribution in [1.82, 2.24) is 14.9 Å². The lowest BCUT2D eigenvalue weighted by Gasteiger charge is -2.28. The number of alkyl halides is 3. The highest BCUT2D eigenvalue weighted by Crippen LogP contribution is 2.54. The van der Waals surface area contributed by atoms with Crippen molar-refractivity contribution >= 4 is 45.1 Å². The first-order valence-electron chi connectivity index (χ1n) is 8.78. The summed E-state index contributed by atoms with van der Waals surface area (Å²) in [6.45, 7) is 0. The SMILES string of the molecule is FC(F)(F)c1nnc2n1N1C(=CSC1c1c3ccccc3cc3ccccc13)S2. The van der Waals surface area contributed by atoms with Gasteiger partial charge in [0.25, 0.3) is 5.82 Å². The predicted octanol–water partition coefficient (Wildman–Crippen LogP) is 5.89. The Morgan fingerprint density at radius 1 is 0.897 bits per heavy atom. The molecule has 0 aliphatic carbocycles. The number of aromatic nitrogens is 3. The standard InChI is InChI=1S/C20H11F3N4S2/c21-20(22,23)18-24-25-19-27(18)26-15(29-19)10-28-17(26)16-13-7-3-1-5-11(13)9-12-6-2-4-8-14(12)16/h1-10,17H. The average molecular weight is 428 g/mol. The van der Waals surface area contributed by atoms with Crippen LogP contribution >= 0.6 is 23.5 Å². The molecule has 0 amide bonds. The van der Waals surface area contributed by atoms with E-state index >= 15 is 0 Å². The van der Waals surface area contributed by atoms with E-state index in [4.69, 9.17) is 0 Å². The van der Waals surface area contributed by atoms with Gasteiger partial charge in [0.15, 0.2) is 0 Å². The van der Waals surface area contributed by atoms with E-state index in [1.54, 1.807) is 5.01 Å². The lowest BCUT2D eigenvalue weighted by molar-refractivity contribution is -0.147. The van der Waals surface area contributed by atoms with Gasteiger partial charge in [-0.05, 0) is 39.4 Å². The molecule has 1 unspecified atom stereocenters. The zero-order chi connectivity index (χ0) is 19.8. The van der Waals surface area contributed by atoms with Gasteiger partial charge in [0.05, 0.1) is 0 Å². The van der Waals surface area contributed by atoms with Crippen molar-refractivity contribution in [3.05, 3.63) is 76.4 Å². The van der Waals surface area contributed by atoms with Crippen LogP contribution in [0.4, 0.5) is 13.2 Å². The summed E-state index contributed by atoms with van der Waals surface area (Å²) in [5.74, 6) is -1.000. The minimum absolute atomic E-state index is 0.235. The van der Waals surface area contributed by atoms with Gasteiger partial charge in [-0.3, -0.25) is 5.01 Å². The van der Waals surface area contributed by atoms with Crippen LogP contribution in [-0.4, -0.2) is 14.9 Å². The summed E-state index contributed by atoms with van der Waals surface area (Å²) in [7, 11) is 0. The van der Waals surface area contributed by atoms with E-state index in [2.05, 4.69) is 16.3 Å². The van der Waals surface area contributed by atoms with Crippen molar-refractivity contribution in [2.45, 2.75) is 16.7 Å². The van der Waals surface area contributed by atoms with Crippen LogP contribution < -0.4 is 5.01 Å². The Hall–Kier alpha value is -2.65. The number of nitrogens with zero attached hydrogens (tertiary/aromatic N) is 4. The van der Waals surface area contributed by atoms with Gasteiger partial charge >= 0.3 is 6.18 Å². The molecule has 144 valence electrons. The maximum Gasteiger partial charge on any atom is 0.453 e. The molecule has 1 aromatic heterocycles. The molecule has 0 saturated carbocycles. The summed E-state index contributed by atoms with van der Waals surface area (Å²) in [5, 5.41) is 15.5. The van der Waals surface area contributed by atoms with E-state index in [-0.39, 0.29) is 10.5 Å². The monoisotopic (exact) mass is 428 g/mol. The van der Waals surface area contributed by atoms with Gasteiger partial charge in [0.2, 0.25) is 5.16 Å². The fraction of sp³-hybridized carbons (Fsp3) is 0.100. The summed E-state index contributed by atoms with van der Waals surface area (Å²) < 4.78 is 41.9. The summed E-state index contributed by atoms with van der Waals surface area (Å²) in [5.41, 5.74) is 0.991. The summed E-state index contributed by atoms with van der Waals surface area (Å²) in [6, 6.07) is 18.1. The Balaban J connectivity index is 1.62. The quantitative estimate of drug-likeness (QED) is 0.353. The van der Waals surface area contributed by atoms with E-state index in [1.807, 2.05) is 53.9 Å². The number of fused-ring (bicyclic) bond motifs is 5. The Kier molecular flexibility index (Phi) is 3.52. The van der Waals surface area contributed by atoms with Crippen LogP contribution in [0.1, 0.15) is 16.8 Å². The molecule has 0 spiro atoms. The highest BCUT2D eigenvalue weighted by atomic mass is 32.2. The van der Waals surface area contributed by atoms with E-state index < -0.39 is 12.0 Å². The fourth-order valence-electron chi connectivity index (χ4n) is 3.92. The van der Waals surface area contributed by atoms with E-state index in [9.17, 15) is 13.2 Å². The van der Waals surface area contributed by atoms with Gasteiger partial charge in [-0.15, -0.1) is 10.2 Å². The van der Waals surface area contributed by atoms with E-state index in [1.165, 1.54) is 23.5 Å². The molecule has 0 fully saturated rings. The minimum atomic E-state index is -4.58. The van der Waals surface area contributed by atoms with Crippen molar-refractivity contribution in [1.29, 1.82) is 0 Å². The zero-order valence-corrected chi connectivity index (χ0v) is 16.2. The summed E-state index contributed by atoms with van der Waals surface area (Å²) in [4.78, 5) is 0. The van der Waals surface area contributed by atoms with Crippen LogP contribution in [-0.2, 0) is 6.18 Å². The van der Waals surface area contributed by atoms with Crippen molar-refractivity contribution in [3.8, 4) is 0 Å². The molecule has 0 N–H and O–H groups in total. The van der Waals surface area contributed by atoms with Crippen LogP contribution in [0, 0.1) is 0 Å². The molecule has 3 heterocycles. The second-order valence-electron chi connectivity index (χ2n) is 6.74. The molecule has 29 heavy (non-hydrogen) atoms. The largest absolute Gasteiger partial charge is 0.453 e. The van der Waals surface area contributed by atoms with Crippen LogP contribution in [0.25, 0.3) is 21.5 Å². The molecular weight excluding hydrogens is 417 g/mol. The topological polar surface area (TPSA) is 34.0 Å². The Bertz CT molecular complexity index is 1270. The molecule has 3 aromatic carbocycles. The number of thioether (sulfide) groups is 2. The number of hydrogen-bond acceptors (Lipinski definition) is 5. The first kappa shape index (κ1) is 17.2. The molecule has 9 heteroatoms. The number of hydrogen-bond donors (Lipinski definition) is 0. The Labute approximate surface area is 171 Å². The molecule has 6 rings (SSSR count). The molecule has 2 aliphatic heterocycles. The molecule has 4 nitrogen and oxygen atoms in total. The first-order valence-corrected chi connectivity index (χ1v) is 10.5. The molecule has 2 aliphatic rings. The summed E-state index contributed by atoms with van der Waals surface area (Å²) >= 11 is 2.71. The smallest absolute Gasteiger partial charge is 0.252 e. The molecule has 4 aromatic rings. The van der Waals surface area contributed by atoms with Crippen LogP contribution in [0.2, 0.25) is 0 Å². The van der Waals surface area contributed by atoms with Crippen molar-refractivity contribution in [3.63, 3.8) is 0 Å². The van der Waals surface area contributed by atoms with Crippen molar-refractivity contribution in [2.24, 2.45) is 0 Å². The molecule has 0 bridgehead atoms. The Morgan fingerprint density at radius 2 is 1.55 bits per heavy atom. The summed E-state index contributed by atoms with van der Waals surface area (Å²) in [6.07, 6.45) is -4.58. The highest BCUT2D eigenvalue weighted by Gasteiger charge is 2.47. The minimum Gasteiger partial charge on any atom is -0.252 e. The van der Waals surface area contributed by atoms with Gasteiger partial charge in [0.1, 0.15) is 10.4 Å². The van der Waals surface area contributed by atoms with Crippen LogP contribution in [0.15, 0.2) is 70.2 Å². The fourth-order valence-corrected chi connectivity index (χ4v) is 6.23. The zero-order valence-electron chi connectivity index (χ0n) is 14.6. The highest BCUT2D eigenvalue weighted by molar-refractivity contribution is 8.07. The van der Waals surface area contributed by atoms with Gasteiger partial charge in [-0.2, -0.15) is 13.2 Å². The third-order valence-corrected chi connectivity index (χ3v) is 7.24. The third kappa shape index (κ3) is 2.43. The van der Waals surface area contributed by atoms with E-state index in [0.29, 0.717) is 0 Å². The van der Waals surface area contributed by atoms with E-state index in [0.717, 1.165) is 36.8 Å². The number of benzene rings is 3.